The van der Waals surface area contributed by atoms with Gasteiger partial charge in [-0.25, -0.2) is 4.99 Å². The van der Waals surface area contributed by atoms with E-state index in [1.165, 1.54) is 0 Å². The molecule has 0 spiro atoms. The zero-order valence-electron chi connectivity index (χ0n) is 15.4. The van der Waals surface area contributed by atoms with Gasteiger partial charge in [-0.05, 0) is 43.2 Å². The van der Waals surface area contributed by atoms with Crippen LogP contribution >= 0.6 is 24.0 Å². The molecule has 0 amide bonds. The molecule has 6 nitrogen and oxygen atoms in total. The molecule has 1 atom stereocenters. The number of aliphatic imine (C=N–C) groups is 1. The van der Waals surface area contributed by atoms with Crippen LogP contribution in [0, 0.1) is 6.92 Å². The Balaban J connectivity index is 0.00000338. The number of aliphatic hydroxyl groups is 1. The van der Waals surface area contributed by atoms with Crippen molar-refractivity contribution in [3.8, 4) is 5.75 Å². The molecule has 1 unspecified atom stereocenters. The standard InChI is InChI=1S/C19H26N4O2.HI/c1-4-21-19(23-13-17(24)15-7-9-20-10-8-15)22-12-16-6-5-14(2)11-18(16)25-3;/h5-11,17,24H,4,12-13H2,1-3H3,(H2,21,22,23);1H. The van der Waals surface area contributed by atoms with Crippen molar-refractivity contribution in [1.82, 2.24) is 15.6 Å². The first-order valence-electron chi connectivity index (χ1n) is 8.37. The van der Waals surface area contributed by atoms with Gasteiger partial charge in [0.25, 0.3) is 0 Å². The van der Waals surface area contributed by atoms with Gasteiger partial charge in [0.05, 0.1) is 19.8 Å². The second kappa shape index (κ2) is 11.7. The molecular formula is C19H27IN4O2. The monoisotopic (exact) mass is 470 g/mol. The summed E-state index contributed by atoms with van der Waals surface area (Å²) in [5, 5.41) is 16.6. The molecule has 26 heavy (non-hydrogen) atoms. The van der Waals surface area contributed by atoms with Crippen LogP contribution in [0.2, 0.25) is 0 Å². The molecule has 1 heterocycles. The Bertz CT molecular complexity index is 695. The smallest absolute Gasteiger partial charge is 0.191 e. The number of methoxy groups -OCH3 is 1. The lowest BCUT2D eigenvalue weighted by Crippen LogP contribution is -2.39. The third-order valence-corrected chi connectivity index (χ3v) is 3.75. The Morgan fingerprint density at radius 1 is 1.23 bits per heavy atom. The minimum Gasteiger partial charge on any atom is -0.496 e. The van der Waals surface area contributed by atoms with Gasteiger partial charge in [-0.15, -0.1) is 24.0 Å². The van der Waals surface area contributed by atoms with Crippen molar-refractivity contribution in [2.75, 3.05) is 20.2 Å². The summed E-state index contributed by atoms with van der Waals surface area (Å²) in [6, 6.07) is 9.66. The molecule has 0 aliphatic heterocycles. The second-order valence-corrected chi connectivity index (χ2v) is 5.69. The van der Waals surface area contributed by atoms with Crippen LogP contribution in [0.3, 0.4) is 0 Å². The third kappa shape index (κ3) is 6.80. The van der Waals surface area contributed by atoms with Gasteiger partial charge < -0.3 is 20.5 Å². The van der Waals surface area contributed by atoms with Gasteiger partial charge in [-0.1, -0.05) is 12.1 Å². The summed E-state index contributed by atoms with van der Waals surface area (Å²) < 4.78 is 5.42. The molecule has 3 N–H and O–H groups in total. The highest BCUT2D eigenvalue weighted by atomic mass is 127. The highest BCUT2D eigenvalue weighted by Crippen LogP contribution is 2.20. The molecule has 142 valence electrons. The summed E-state index contributed by atoms with van der Waals surface area (Å²) >= 11 is 0. The van der Waals surface area contributed by atoms with Crippen LogP contribution in [-0.2, 0) is 6.54 Å². The summed E-state index contributed by atoms with van der Waals surface area (Å²) in [7, 11) is 1.66. The van der Waals surface area contributed by atoms with E-state index in [0.717, 1.165) is 29.0 Å². The Morgan fingerprint density at radius 3 is 2.62 bits per heavy atom. The van der Waals surface area contributed by atoms with Crippen molar-refractivity contribution >= 4 is 29.9 Å². The zero-order chi connectivity index (χ0) is 18.1. The number of hydrogen-bond acceptors (Lipinski definition) is 4. The Hall–Kier alpha value is -1.87. The zero-order valence-corrected chi connectivity index (χ0v) is 17.7. The van der Waals surface area contributed by atoms with E-state index in [4.69, 9.17) is 4.74 Å². The van der Waals surface area contributed by atoms with Crippen molar-refractivity contribution in [2.45, 2.75) is 26.5 Å². The predicted molar refractivity (Wildman–Crippen MR) is 115 cm³/mol. The van der Waals surface area contributed by atoms with Crippen LogP contribution < -0.4 is 15.4 Å². The number of guanidine groups is 1. The van der Waals surface area contributed by atoms with E-state index in [1.54, 1.807) is 31.6 Å². The number of rotatable bonds is 7. The second-order valence-electron chi connectivity index (χ2n) is 5.69. The number of benzene rings is 1. The van der Waals surface area contributed by atoms with E-state index < -0.39 is 6.10 Å². The van der Waals surface area contributed by atoms with Gasteiger partial charge in [0.1, 0.15) is 5.75 Å². The number of halogens is 1. The number of hydrogen-bond donors (Lipinski definition) is 3. The first-order valence-corrected chi connectivity index (χ1v) is 8.37. The molecule has 0 saturated carbocycles. The maximum absolute atomic E-state index is 10.2. The van der Waals surface area contributed by atoms with E-state index in [1.807, 2.05) is 32.0 Å². The highest BCUT2D eigenvalue weighted by Gasteiger charge is 2.08. The molecule has 2 rings (SSSR count). The molecule has 0 bridgehead atoms. The molecule has 1 aromatic carbocycles. The van der Waals surface area contributed by atoms with E-state index in [9.17, 15) is 5.11 Å². The molecule has 0 saturated heterocycles. The molecule has 0 aliphatic rings. The molecular weight excluding hydrogens is 443 g/mol. The van der Waals surface area contributed by atoms with Gasteiger partial charge in [0, 0.05) is 31.0 Å². The fraction of sp³-hybridized carbons (Fsp3) is 0.368. The number of pyridine rings is 1. The highest BCUT2D eigenvalue weighted by molar-refractivity contribution is 14.0. The van der Waals surface area contributed by atoms with Gasteiger partial charge in [0.15, 0.2) is 5.96 Å². The molecule has 1 aromatic heterocycles. The predicted octanol–water partition coefficient (Wildman–Crippen LogP) is 2.81. The van der Waals surface area contributed by atoms with Crippen molar-refractivity contribution in [3.63, 3.8) is 0 Å². The fourth-order valence-electron chi connectivity index (χ4n) is 2.39. The maximum Gasteiger partial charge on any atom is 0.191 e. The number of ether oxygens (including phenoxy) is 1. The maximum atomic E-state index is 10.2. The fourth-order valence-corrected chi connectivity index (χ4v) is 2.39. The van der Waals surface area contributed by atoms with Gasteiger partial charge in [0.2, 0.25) is 0 Å². The van der Waals surface area contributed by atoms with Crippen LogP contribution in [0.25, 0.3) is 0 Å². The van der Waals surface area contributed by atoms with E-state index in [0.29, 0.717) is 19.0 Å². The average Bonchev–Trinajstić information content (AvgIpc) is 2.65. The molecule has 0 fully saturated rings. The molecule has 0 aliphatic carbocycles. The normalized spacial score (nSPS) is 12.1. The SMILES string of the molecule is CCNC(=NCc1ccc(C)cc1OC)NCC(O)c1ccncc1.I. The van der Waals surface area contributed by atoms with Crippen molar-refractivity contribution in [3.05, 3.63) is 59.4 Å². The average molecular weight is 470 g/mol. The molecule has 7 heteroatoms. The van der Waals surface area contributed by atoms with Gasteiger partial charge in [-0.2, -0.15) is 0 Å². The third-order valence-electron chi connectivity index (χ3n) is 3.75. The summed E-state index contributed by atoms with van der Waals surface area (Å²) in [4.78, 5) is 8.54. The Morgan fingerprint density at radius 2 is 1.96 bits per heavy atom. The molecule has 0 radical (unpaired) electrons. The lowest BCUT2D eigenvalue weighted by molar-refractivity contribution is 0.180. The number of nitrogens with one attached hydrogen (secondary N) is 2. The first kappa shape index (κ1) is 22.2. The van der Waals surface area contributed by atoms with E-state index >= 15 is 0 Å². The van der Waals surface area contributed by atoms with E-state index in [2.05, 4.69) is 20.6 Å². The first-order chi connectivity index (χ1) is 12.1. The summed E-state index contributed by atoms with van der Waals surface area (Å²) in [6.45, 7) is 5.62. The Labute approximate surface area is 172 Å². The van der Waals surface area contributed by atoms with Gasteiger partial charge >= 0.3 is 0 Å². The molecule has 2 aromatic rings. The number of aryl methyl sites for hydroxylation is 1. The summed E-state index contributed by atoms with van der Waals surface area (Å²) in [5.74, 6) is 1.48. The number of aliphatic hydroxyl groups excluding tert-OH is 1. The summed E-state index contributed by atoms with van der Waals surface area (Å²) in [6.07, 6.45) is 2.71. The van der Waals surface area contributed by atoms with Crippen LogP contribution in [0.4, 0.5) is 0 Å². The van der Waals surface area contributed by atoms with Crippen molar-refractivity contribution in [1.29, 1.82) is 0 Å². The van der Waals surface area contributed by atoms with Crippen LogP contribution in [-0.4, -0.2) is 36.2 Å². The minimum atomic E-state index is -0.624. The van der Waals surface area contributed by atoms with Crippen LogP contribution in [0.15, 0.2) is 47.7 Å². The number of nitrogens with zero attached hydrogens (tertiary/aromatic N) is 2. The minimum absolute atomic E-state index is 0. The number of aromatic nitrogens is 1. The van der Waals surface area contributed by atoms with E-state index in [-0.39, 0.29) is 24.0 Å². The Kier molecular flexibility index (Phi) is 9.97. The quantitative estimate of drug-likeness (QED) is 0.330. The largest absolute Gasteiger partial charge is 0.496 e. The van der Waals surface area contributed by atoms with Crippen molar-refractivity contribution < 1.29 is 9.84 Å². The van der Waals surface area contributed by atoms with Crippen LogP contribution in [0.5, 0.6) is 5.75 Å². The lowest BCUT2D eigenvalue weighted by Gasteiger charge is -2.16. The summed E-state index contributed by atoms with van der Waals surface area (Å²) in [5.41, 5.74) is 2.98. The lowest BCUT2D eigenvalue weighted by atomic mass is 10.1. The topological polar surface area (TPSA) is 78.8 Å². The van der Waals surface area contributed by atoms with Gasteiger partial charge in [-0.3, -0.25) is 4.98 Å². The van der Waals surface area contributed by atoms with Crippen molar-refractivity contribution in [2.24, 2.45) is 4.99 Å². The van der Waals surface area contributed by atoms with Crippen LogP contribution in [0.1, 0.15) is 29.7 Å².